The van der Waals surface area contributed by atoms with Crippen molar-refractivity contribution in [2.45, 2.75) is 20.8 Å². The number of hydrogen-bond acceptors (Lipinski definition) is 5. The molecule has 5 nitrogen and oxygen atoms in total. The summed E-state index contributed by atoms with van der Waals surface area (Å²) in [7, 11) is -1.54. The number of methoxy groups -OCH3 is 1. The molecule has 0 rings (SSSR count). The van der Waals surface area contributed by atoms with E-state index < -0.39 is 14.8 Å². The second kappa shape index (κ2) is 8.46. The highest BCUT2D eigenvalue weighted by Gasteiger charge is 2.37. The van der Waals surface area contributed by atoms with Gasteiger partial charge in [0.25, 0.3) is 0 Å². The summed E-state index contributed by atoms with van der Waals surface area (Å²) in [6.45, 7) is 6.97. The summed E-state index contributed by atoms with van der Waals surface area (Å²) in [6, 6.07) is 0. The minimum Gasteiger partial charge on any atom is -0.466 e. The second-order valence-corrected chi connectivity index (χ2v) is 5.17. The molecule has 0 radical (unpaired) electrons. The van der Waals surface area contributed by atoms with E-state index in [2.05, 4.69) is 4.74 Å². The molecule has 0 unspecified atom stereocenters. The molecule has 94 valence electrons. The smallest absolute Gasteiger partial charge is 0.466 e. The summed E-state index contributed by atoms with van der Waals surface area (Å²) in [5.41, 5.74) is 1.55. The van der Waals surface area contributed by atoms with Gasteiger partial charge < -0.3 is 18.0 Å². The first-order valence-corrected chi connectivity index (χ1v) is 7.13. The maximum atomic E-state index is 11.0. The van der Waals surface area contributed by atoms with E-state index in [9.17, 15) is 4.79 Å². The summed E-state index contributed by atoms with van der Waals surface area (Å²) >= 11 is 0. The zero-order valence-electron chi connectivity index (χ0n) is 10.3. The molecule has 6 heteroatoms. The fourth-order valence-electron chi connectivity index (χ4n) is 1.11. The van der Waals surface area contributed by atoms with E-state index in [1.807, 2.05) is 20.8 Å². The van der Waals surface area contributed by atoms with Crippen molar-refractivity contribution >= 4 is 14.8 Å². The van der Waals surface area contributed by atoms with E-state index in [1.165, 1.54) is 13.2 Å². The van der Waals surface area contributed by atoms with Gasteiger partial charge in [-0.25, -0.2) is 4.79 Å². The number of carbonyl (C=O) groups is 1. The van der Waals surface area contributed by atoms with Crippen LogP contribution in [-0.2, 0) is 22.8 Å². The van der Waals surface area contributed by atoms with Crippen LogP contribution in [0.25, 0.3) is 0 Å². The molecule has 0 aliphatic carbocycles. The Morgan fingerprint density at radius 3 is 1.81 bits per heavy atom. The van der Waals surface area contributed by atoms with Crippen LogP contribution in [0.2, 0.25) is 0 Å². The van der Waals surface area contributed by atoms with Gasteiger partial charge in [0.2, 0.25) is 0 Å². The first kappa shape index (κ1) is 15.3. The van der Waals surface area contributed by atoms with Crippen LogP contribution in [-0.4, -0.2) is 41.7 Å². The Morgan fingerprint density at radius 2 is 1.50 bits per heavy atom. The fraction of sp³-hybridized carbons (Fsp3) is 0.700. The van der Waals surface area contributed by atoms with Crippen molar-refractivity contribution in [1.82, 2.24) is 0 Å². The van der Waals surface area contributed by atoms with E-state index >= 15 is 0 Å². The monoisotopic (exact) mass is 248 g/mol. The fourth-order valence-corrected chi connectivity index (χ4v) is 3.20. The summed E-state index contributed by atoms with van der Waals surface area (Å²) in [6.07, 6.45) is 1.28. The molecule has 0 aliphatic heterocycles. The number of ether oxygens (including phenoxy) is 1. The van der Waals surface area contributed by atoms with Crippen molar-refractivity contribution in [2.24, 2.45) is 0 Å². The van der Waals surface area contributed by atoms with E-state index in [0.29, 0.717) is 19.8 Å². The number of hydrogen-bond donors (Lipinski definition) is 0. The number of rotatable bonds is 8. The van der Waals surface area contributed by atoms with Crippen LogP contribution in [0.1, 0.15) is 20.8 Å². The highest BCUT2D eigenvalue weighted by molar-refractivity contribution is 6.66. The maximum absolute atomic E-state index is 11.0. The third kappa shape index (κ3) is 5.41. The largest absolute Gasteiger partial charge is 0.529 e. The molecule has 0 fully saturated rings. The van der Waals surface area contributed by atoms with E-state index in [1.54, 1.807) is 5.70 Å². The SMILES string of the molecule is CCO[Si](C=CC(=O)OC)(OCC)OCC. The number of carbonyl (C=O) groups excluding carboxylic acids is 1. The van der Waals surface area contributed by atoms with Crippen molar-refractivity contribution in [2.75, 3.05) is 26.9 Å². The van der Waals surface area contributed by atoms with Gasteiger partial charge in [-0.1, -0.05) is 0 Å². The molecule has 0 aromatic rings. The normalized spacial score (nSPS) is 12.0. The average Bonchev–Trinajstić information content (AvgIpc) is 2.27. The van der Waals surface area contributed by atoms with Crippen molar-refractivity contribution in [1.29, 1.82) is 0 Å². The molecule has 0 saturated heterocycles. The van der Waals surface area contributed by atoms with Gasteiger partial charge in [-0.2, -0.15) is 0 Å². The van der Waals surface area contributed by atoms with Crippen molar-refractivity contribution in [3.05, 3.63) is 11.8 Å². The van der Waals surface area contributed by atoms with Gasteiger partial charge >= 0.3 is 14.8 Å². The van der Waals surface area contributed by atoms with Crippen LogP contribution < -0.4 is 0 Å². The third-order valence-corrected chi connectivity index (χ3v) is 4.31. The van der Waals surface area contributed by atoms with Crippen LogP contribution in [0.5, 0.6) is 0 Å². The van der Waals surface area contributed by atoms with Gasteiger partial charge in [0.05, 0.1) is 7.11 Å². The molecular formula is C10H20O5Si. The Kier molecular flexibility index (Phi) is 8.09. The third-order valence-electron chi connectivity index (χ3n) is 1.66. The Bertz CT molecular complexity index is 212. The Hall–Kier alpha value is -0.693. The second-order valence-electron chi connectivity index (χ2n) is 2.76. The lowest BCUT2D eigenvalue weighted by Gasteiger charge is -2.24. The lowest BCUT2D eigenvalue weighted by atomic mass is 10.7. The van der Waals surface area contributed by atoms with Crippen molar-refractivity contribution in [3.63, 3.8) is 0 Å². The van der Waals surface area contributed by atoms with E-state index in [4.69, 9.17) is 13.3 Å². The molecule has 0 aromatic heterocycles. The zero-order chi connectivity index (χ0) is 12.4. The molecule has 0 saturated carbocycles. The Morgan fingerprint density at radius 1 is 1.06 bits per heavy atom. The van der Waals surface area contributed by atoms with Crippen LogP contribution in [0.3, 0.4) is 0 Å². The first-order chi connectivity index (χ1) is 7.64. The van der Waals surface area contributed by atoms with Crippen LogP contribution >= 0.6 is 0 Å². The van der Waals surface area contributed by atoms with Crippen LogP contribution in [0.4, 0.5) is 0 Å². The van der Waals surface area contributed by atoms with Gasteiger partial charge in [-0.05, 0) is 26.5 Å². The van der Waals surface area contributed by atoms with Gasteiger partial charge in [-0.3, -0.25) is 0 Å². The highest BCUT2D eigenvalue weighted by atomic mass is 28.4. The minimum atomic E-state index is -2.86. The molecule has 0 spiro atoms. The predicted molar refractivity (Wildman–Crippen MR) is 61.8 cm³/mol. The van der Waals surface area contributed by atoms with Crippen LogP contribution in [0, 0.1) is 0 Å². The van der Waals surface area contributed by atoms with Gasteiger partial charge in [-0.15, -0.1) is 0 Å². The Balaban J connectivity index is 4.70. The van der Waals surface area contributed by atoms with Gasteiger partial charge in [0, 0.05) is 25.9 Å². The molecule has 0 heterocycles. The maximum Gasteiger partial charge on any atom is 0.529 e. The predicted octanol–water partition coefficient (Wildman–Crippen LogP) is 1.30. The van der Waals surface area contributed by atoms with Gasteiger partial charge in [0.1, 0.15) is 0 Å². The lowest BCUT2D eigenvalue weighted by molar-refractivity contribution is -0.134. The quantitative estimate of drug-likeness (QED) is 0.368. The molecule has 0 bridgehead atoms. The van der Waals surface area contributed by atoms with E-state index in [-0.39, 0.29) is 0 Å². The standard InChI is InChI=1S/C10H20O5Si/c1-5-13-16(14-6-2,15-7-3)9-8-10(11)12-4/h8-9H,5-7H2,1-4H3. The summed E-state index contributed by atoms with van der Waals surface area (Å²) in [4.78, 5) is 11.0. The summed E-state index contributed by atoms with van der Waals surface area (Å²) in [5, 5.41) is 0. The number of esters is 1. The average molecular weight is 248 g/mol. The van der Waals surface area contributed by atoms with Crippen LogP contribution in [0.15, 0.2) is 11.8 Å². The highest BCUT2D eigenvalue weighted by Crippen LogP contribution is 2.11. The molecule has 0 atom stereocenters. The van der Waals surface area contributed by atoms with Crippen molar-refractivity contribution in [3.8, 4) is 0 Å². The summed E-state index contributed by atoms with van der Waals surface area (Å²) < 4.78 is 21.0. The molecule has 16 heavy (non-hydrogen) atoms. The first-order valence-electron chi connectivity index (χ1n) is 5.33. The summed E-state index contributed by atoms with van der Waals surface area (Å²) in [5.74, 6) is -0.448. The molecule has 0 aliphatic rings. The molecular weight excluding hydrogens is 228 g/mol. The zero-order valence-corrected chi connectivity index (χ0v) is 11.3. The van der Waals surface area contributed by atoms with E-state index in [0.717, 1.165) is 0 Å². The lowest BCUT2D eigenvalue weighted by Crippen LogP contribution is -2.44. The topological polar surface area (TPSA) is 54.0 Å². The molecule has 0 aromatic carbocycles. The molecule has 0 amide bonds. The van der Waals surface area contributed by atoms with Gasteiger partial charge in [0.15, 0.2) is 0 Å². The minimum absolute atomic E-state index is 0.448. The Labute approximate surface area is 97.7 Å². The van der Waals surface area contributed by atoms with Crippen molar-refractivity contribution < 1.29 is 22.8 Å². The molecule has 0 N–H and O–H groups in total.